The molecule has 0 spiro atoms. The van der Waals surface area contributed by atoms with Crippen molar-refractivity contribution in [3.05, 3.63) is 69.0 Å². The lowest BCUT2D eigenvalue weighted by Crippen LogP contribution is -2.45. The van der Waals surface area contributed by atoms with E-state index in [4.69, 9.17) is 37.7 Å². The van der Waals surface area contributed by atoms with Crippen LogP contribution in [-0.2, 0) is 30.9 Å². The van der Waals surface area contributed by atoms with E-state index in [0.29, 0.717) is 4.57 Å². The predicted molar refractivity (Wildman–Crippen MR) is 123 cm³/mol. The first-order valence-corrected chi connectivity index (χ1v) is 14.0. The second-order valence-corrected chi connectivity index (χ2v) is 14.4. The summed E-state index contributed by atoms with van der Waals surface area (Å²) in [6.07, 6.45) is -6.52. The van der Waals surface area contributed by atoms with Gasteiger partial charge in [0.05, 0.1) is 13.2 Å². The van der Waals surface area contributed by atoms with Crippen molar-refractivity contribution in [1.82, 2.24) is 9.13 Å². The Kier molecular flexibility index (Phi) is 8.61. The molecule has 206 valence electrons. The number of aliphatic hydroxyl groups excluding tert-OH is 2. The van der Waals surface area contributed by atoms with Gasteiger partial charge in [-0.15, -0.1) is 0 Å². The molecule has 13 nitrogen and oxygen atoms in total. The summed E-state index contributed by atoms with van der Waals surface area (Å²) in [5.41, 5.74) is -2.90. The van der Waals surface area contributed by atoms with Crippen LogP contribution in [0.2, 0.25) is 0 Å². The number of alkyl halides is 4. The molecular weight excluding hydrogens is 591 g/mol. The topological polar surface area (TPSA) is 198 Å². The Morgan fingerprint density at radius 3 is 2.19 bits per heavy atom. The number of hydrogen-bond donors (Lipinski definition) is 5. The van der Waals surface area contributed by atoms with Crippen molar-refractivity contribution < 1.29 is 52.1 Å². The van der Waals surface area contributed by atoms with E-state index in [1.807, 2.05) is 0 Å². The summed E-state index contributed by atoms with van der Waals surface area (Å²) in [5, 5.41) is 20.6. The van der Waals surface area contributed by atoms with Gasteiger partial charge in [0, 0.05) is 17.8 Å². The molecule has 5 N–H and O–H groups in total. The number of ether oxygens (including phenoxy) is 1. The third kappa shape index (κ3) is 5.92. The molecule has 37 heavy (non-hydrogen) atoms. The van der Waals surface area contributed by atoms with Crippen molar-refractivity contribution in [1.29, 1.82) is 0 Å². The monoisotopic (exact) mass is 610 g/mol. The first-order valence-electron chi connectivity index (χ1n) is 10.1. The van der Waals surface area contributed by atoms with E-state index in [1.165, 1.54) is 18.2 Å². The van der Waals surface area contributed by atoms with Crippen LogP contribution in [0, 0.1) is 0 Å². The Bertz CT molecular complexity index is 1350. The fraction of sp³-hybridized carbons (Fsp3) is 0.444. The van der Waals surface area contributed by atoms with E-state index in [2.05, 4.69) is 4.52 Å². The molecule has 2 heterocycles. The molecule has 1 aromatic carbocycles. The third-order valence-electron chi connectivity index (χ3n) is 5.36. The molecule has 0 amide bonds. The molecule has 3 unspecified atom stereocenters. The summed E-state index contributed by atoms with van der Waals surface area (Å²) in [7, 11) is -11.1. The fourth-order valence-corrected chi connectivity index (χ4v) is 5.64. The van der Waals surface area contributed by atoms with Crippen LogP contribution in [0.5, 0.6) is 0 Å². The number of aromatic nitrogens is 2. The van der Waals surface area contributed by atoms with Crippen LogP contribution in [0.1, 0.15) is 11.8 Å². The minimum Gasteiger partial charge on any atom is -0.387 e. The third-order valence-corrected chi connectivity index (χ3v) is 11.4. The Morgan fingerprint density at radius 1 is 1.03 bits per heavy atom. The van der Waals surface area contributed by atoms with Crippen LogP contribution in [-0.4, -0.2) is 62.8 Å². The Balaban J connectivity index is 1.85. The average Bonchev–Trinajstić information content (AvgIpc) is 3.09. The van der Waals surface area contributed by atoms with Crippen LogP contribution >= 0.6 is 38.4 Å². The number of halogens is 4. The summed E-state index contributed by atoms with van der Waals surface area (Å²) in [4.78, 5) is 53.1. The lowest BCUT2D eigenvalue weighted by Gasteiger charge is -2.26. The predicted octanol–water partition coefficient (Wildman–Crippen LogP) is 0.890. The van der Waals surface area contributed by atoms with Gasteiger partial charge in [0.2, 0.25) is 0 Å². The zero-order chi connectivity index (χ0) is 28.0. The van der Waals surface area contributed by atoms with Crippen molar-refractivity contribution in [2.24, 2.45) is 0 Å². The van der Waals surface area contributed by atoms with Crippen LogP contribution < -0.4 is 11.2 Å². The van der Waals surface area contributed by atoms with Crippen molar-refractivity contribution >= 4 is 38.4 Å². The minimum absolute atomic E-state index is 0.191. The second kappa shape index (κ2) is 10.6. The van der Waals surface area contributed by atoms with E-state index >= 15 is 0 Å². The van der Waals surface area contributed by atoms with Gasteiger partial charge in [0.1, 0.15) is 18.3 Å². The molecule has 19 heteroatoms. The molecule has 0 saturated carbocycles. The van der Waals surface area contributed by atoms with Gasteiger partial charge in [-0.05, 0) is 0 Å². The maximum atomic E-state index is 14.7. The minimum atomic E-state index is -5.59. The Labute approximate surface area is 216 Å². The van der Waals surface area contributed by atoms with E-state index in [9.17, 15) is 42.6 Å². The molecule has 3 rings (SSSR count). The molecule has 2 aromatic rings. The smallest absolute Gasteiger partial charge is 0.376 e. The van der Waals surface area contributed by atoms with Crippen LogP contribution in [0.4, 0.5) is 8.78 Å². The van der Waals surface area contributed by atoms with Crippen molar-refractivity contribution in [3.8, 4) is 0 Å². The second-order valence-electron chi connectivity index (χ2n) is 7.92. The zero-order valence-electron chi connectivity index (χ0n) is 18.3. The van der Waals surface area contributed by atoms with Gasteiger partial charge < -0.3 is 34.2 Å². The summed E-state index contributed by atoms with van der Waals surface area (Å²) in [6, 6.07) is 7.11. The summed E-state index contributed by atoms with van der Waals surface area (Å²) in [6.45, 7) is -2.47. The van der Waals surface area contributed by atoms with E-state index in [0.717, 1.165) is 24.4 Å². The molecule has 1 aliphatic heterocycles. The quantitative estimate of drug-likeness (QED) is 0.199. The average molecular weight is 611 g/mol. The van der Waals surface area contributed by atoms with Gasteiger partial charge in [-0.2, -0.15) is 8.78 Å². The maximum Gasteiger partial charge on any atom is 0.376 e. The molecule has 5 atom stereocenters. The van der Waals surface area contributed by atoms with Gasteiger partial charge in [-0.25, -0.2) is 4.79 Å². The summed E-state index contributed by atoms with van der Waals surface area (Å²) < 4.78 is 59.9. The van der Waals surface area contributed by atoms with Crippen molar-refractivity contribution in [2.75, 3.05) is 6.61 Å². The Morgan fingerprint density at radius 2 is 1.62 bits per heavy atom. The first kappa shape index (κ1) is 30.1. The fourth-order valence-electron chi connectivity index (χ4n) is 3.36. The SMILES string of the molecule is O=c1ccn([C@@H]2O[C@H](COP(=O)(O)C(Cl)(Cl)P(=O)(O)O)C(O)C2O)c(=O)n1CC(F)(F)c1ccccc1. The molecule has 1 saturated heterocycles. The van der Waals surface area contributed by atoms with Crippen molar-refractivity contribution in [3.63, 3.8) is 0 Å². The van der Waals surface area contributed by atoms with E-state index in [1.54, 1.807) is 0 Å². The standard InChI is InChI=1S/C18H20Cl2F2N2O11P2/c19-18(20,36(29,30)31)37(32,33)34-8-11-13(26)14(27)15(35-11)23-7-6-12(25)24(16(23)28)9-17(21,22)10-4-2-1-3-5-10/h1-7,11,13-15,26-27H,8-9H2,(H,32,33)(H2,29,30,31)/t11-,13?,14?,15-/m1/s1. The lowest BCUT2D eigenvalue weighted by molar-refractivity contribution is -0.0555. The molecule has 0 bridgehead atoms. The zero-order valence-corrected chi connectivity index (χ0v) is 21.6. The number of hydrogen-bond acceptors (Lipinski definition) is 8. The van der Waals surface area contributed by atoms with Crippen LogP contribution in [0.3, 0.4) is 0 Å². The highest BCUT2D eigenvalue weighted by Gasteiger charge is 2.60. The van der Waals surface area contributed by atoms with E-state index in [-0.39, 0.29) is 4.57 Å². The molecule has 0 aliphatic carbocycles. The largest absolute Gasteiger partial charge is 0.387 e. The van der Waals surface area contributed by atoms with Gasteiger partial charge >= 0.3 is 24.7 Å². The molecular formula is C18H20Cl2F2N2O11P2. The number of rotatable bonds is 9. The van der Waals surface area contributed by atoms with Gasteiger partial charge in [-0.1, -0.05) is 53.5 Å². The highest BCUT2D eigenvalue weighted by molar-refractivity contribution is 7.78. The van der Waals surface area contributed by atoms with Gasteiger partial charge in [-0.3, -0.25) is 23.1 Å². The van der Waals surface area contributed by atoms with Gasteiger partial charge in [0.25, 0.3) is 11.5 Å². The van der Waals surface area contributed by atoms with Crippen LogP contribution in [0.25, 0.3) is 0 Å². The van der Waals surface area contributed by atoms with E-state index < -0.39 is 79.4 Å². The molecule has 1 aliphatic rings. The van der Waals surface area contributed by atoms with Crippen molar-refractivity contribution in [2.45, 2.75) is 40.8 Å². The normalized spacial score (nSPS) is 24.7. The Hall–Kier alpha value is -1.48. The lowest BCUT2D eigenvalue weighted by atomic mass is 10.1. The first-order chi connectivity index (χ1) is 16.9. The van der Waals surface area contributed by atoms with Crippen LogP contribution in [0.15, 0.2) is 52.2 Å². The number of nitrogens with zero attached hydrogens (tertiary/aromatic N) is 2. The number of benzene rings is 1. The van der Waals surface area contributed by atoms with Gasteiger partial charge in [0.15, 0.2) is 6.23 Å². The molecule has 1 aromatic heterocycles. The summed E-state index contributed by atoms with van der Waals surface area (Å²) in [5.74, 6) is -3.65. The number of aliphatic hydroxyl groups is 2. The summed E-state index contributed by atoms with van der Waals surface area (Å²) >= 11 is 10.6. The highest BCUT2D eigenvalue weighted by Crippen LogP contribution is 2.75. The molecule has 0 radical (unpaired) electrons. The highest BCUT2D eigenvalue weighted by atomic mass is 35.5. The molecule has 1 fully saturated rings. The maximum absolute atomic E-state index is 14.7.